The number of amides is 1. The molecule has 0 bridgehead atoms. The Balaban J connectivity index is 1.93. The molecule has 0 aliphatic carbocycles. The van der Waals surface area contributed by atoms with Crippen molar-refractivity contribution < 1.29 is 22.4 Å². The smallest absolute Gasteiger partial charge is 0.289 e. The van der Waals surface area contributed by atoms with Crippen LogP contribution in [0.1, 0.15) is 22.5 Å². The van der Waals surface area contributed by atoms with Crippen molar-refractivity contribution in [3.8, 4) is 5.75 Å². The van der Waals surface area contributed by atoms with Crippen LogP contribution in [0.3, 0.4) is 0 Å². The number of hydrogen-bond acceptors (Lipinski definition) is 5. The lowest BCUT2D eigenvalue weighted by atomic mass is 10.1. The molecule has 6 nitrogen and oxygen atoms in total. The third-order valence-electron chi connectivity index (χ3n) is 4.41. The van der Waals surface area contributed by atoms with E-state index in [2.05, 4.69) is 0 Å². The van der Waals surface area contributed by atoms with E-state index in [4.69, 9.17) is 9.15 Å². The van der Waals surface area contributed by atoms with Gasteiger partial charge in [0.1, 0.15) is 11.3 Å². The standard InChI is InChI=1S/C16H19NO5S/c1-10-13-8-12(21-3)4-5-14(13)22-15(10)16(18)17(2)11-6-7-23(19,20)9-11/h4-5,8,11H,6-7,9H2,1-3H3. The summed E-state index contributed by atoms with van der Waals surface area (Å²) >= 11 is 0. The average Bonchev–Trinajstić information content (AvgIpc) is 3.05. The van der Waals surface area contributed by atoms with E-state index in [9.17, 15) is 13.2 Å². The summed E-state index contributed by atoms with van der Waals surface area (Å²) in [6.07, 6.45) is 0.470. The maximum absolute atomic E-state index is 12.7. The fourth-order valence-electron chi connectivity index (χ4n) is 2.94. The number of fused-ring (bicyclic) bond motifs is 1. The second kappa shape index (κ2) is 5.56. The molecule has 1 aliphatic heterocycles. The van der Waals surface area contributed by atoms with Gasteiger partial charge in [-0.15, -0.1) is 0 Å². The molecule has 1 unspecified atom stereocenters. The van der Waals surface area contributed by atoms with Gasteiger partial charge in [-0.25, -0.2) is 8.42 Å². The molecule has 124 valence electrons. The van der Waals surface area contributed by atoms with Gasteiger partial charge in [0.05, 0.1) is 18.6 Å². The first-order valence-corrected chi connectivity index (χ1v) is 9.19. The predicted molar refractivity (Wildman–Crippen MR) is 86.7 cm³/mol. The number of benzene rings is 1. The minimum absolute atomic E-state index is 0.0162. The van der Waals surface area contributed by atoms with Gasteiger partial charge in [0.25, 0.3) is 5.91 Å². The maximum Gasteiger partial charge on any atom is 0.289 e. The molecule has 1 aromatic heterocycles. The Morgan fingerprint density at radius 1 is 1.39 bits per heavy atom. The van der Waals surface area contributed by atoms with Crippen LogP contribution in [0.5, 0.6) is 5.75 Å². The van der Waals surface area contributed by atoms with E-state index in [1.54, 1.807) is 26.3 Å². The van der Waals surface area contributed by atoms with Crippen molar-refractivity contribution in [3.05, 3.63) is 29.5 Å². The van der Waals surface area contributed by atoms with E-state index in [0.717, 1.165) is 10.9 Å². The van der Waals surface area contributed by atoms with Crippen LogP contribution >= 0.6 is 0 Å². The molecular formula is C16H19NO5S. The van der Waals surface area contributed by atoms with Gasteiger partial charge in [-0.2, -0.15) is 0 Å². The summed E-state index contributed by atoms with van der Waals surface area (Å²) in [5.41, 5.74) is 1.34. The molecule has 0 radical (unpaired) electrons. The van der Waals surface area contributed by atoms with Gasteiger partial charge >= 0.3 is 0 Å². The lowest BCUT2D eigenvalue weighted by Gasteiger charge is -2.22. The first kappa shape index (κ1) is 15.9. The highest BCUT2D eigenvalue weighted by Gasteiger charge is 2.34. The zero-order valence-corrected chi connectivity index (χ0v) is 14.1. The minimum Gasteiger partial charge on any atom is -0.497 e. The number of carbonyl (C=O) groups excluding carboxylic acids is 1. The van der Waals surface area contributed by atoms with Gasteiger partial charge in [-0.05, 0) is 31.5 Å². The predicted octanol–water partition coefficient (Wildman–Crippen LogP) is 2.01. The van der Waals surface area contributed by atoms with E-state index < -0.39 is 9.84 Å². The number of ether oxygens (including phenoxy) is 1. The van der Waals surface area contributed by atoms with Crippen LogP contribution in [0.2, 0.25) is 0 Å². The summed E-state index contributed by atoms with van der Waals surface area (Å²) in [5, 5.41) is 0.820. The van der Waals surface area contributed by atoms with Crippen molar-refractivity contribution in [3.63, 3.8) is 0 Å². The Bertz CT molecular complexity index is 868. The number of nitrogens with zero attached hydrogens (tertiary/aromatic N) is 1. The second-order valence-electron chi connectivity index (χ2n) is 5.89. The Hall–Kier alpha value is -2.02. The Morgan fingerprint density at radius 2 is 2.13 bits per heavy atom. The molecule has 1 aliphatic rings. The highest BCUT2D eigenvalue weighted by atomic mass is 32.2. The molecule has 0 saturated carbocycles. The number of carbonyl (C=O) groups is 1. The number of methoxy groups -OCH3 is 1. The molecular weight excluding hydrogens is 318 g/mol. The van der Waals surface area contributed by atoms with Crippen molar-refractivity contribution in [2.24, 2.45) is 0 Å². The summed E-state index contributed by atoms with van der Waals surface area (Å²) in [5.74, 6) is 0.795. The Morgan fingerprint density at radius 3 is 2.74 bits per heavy atom. The van der Waals surface area contributed by atoms with Gasteiger partial charge in [0, 0.05) is 24.0 Å². The largest absolute Gasteiger partial charge is 0.497 e. The quantitative estimate of drug-likeness (QED) is 0.856. The molecule has 2 aromatic rings. The van der Waals surface area contributed by atoms with E-state index >= 15 is 0 Å². The zero-order chi connectivity index (χ0) is 16.8. The first-order valence-electron chi connectivity index (χ1n) is 7.37. The van der Waals surface area contributed by atoms with Crippen molar-refractivity contribution in [1.29, 1.82) is 0 Å². The van der Waals surface area contributed by atoms with Crippen molar-refractivity contribution in [2.45, 2.75) is 19.4 Å². The SMILES string of the molecule is COc1ccc2oc(C(=O)N(C)C3CCS(=O)(=O)C3)c(C)c2c1. The van der Waals surface area contributed by atoms with Crippen LogP contribution in [0.15, 0.2) is 22.6 Å². The fourth-order valence-corrected chi connectivity index (χ4v) is 4.71. The van der Waals surface area contributed by atoms with Crippen LogP contribution in [-0.4, -0.2) is 50.9 Å². The van der Waals surface area contributed by atoms with Crippen LogP contribution in [0, 0.1) is 6.92 Å². The molecule has 1 fully saturated rings. The third kappa shape index (κ3) is 2.81. The number of rotatable bonds is 3. The van der Waals surface area contributed by atoms with Gasteiger partial charge in [-0.1, -0.05) is 0 Å². The molecule has 2 heterocycles. The summed E-state index contributed by atoms with van der Waals surface area (Å²) < 4.78 is 34.1. The maximum atomic E-state index is 12.7. The van der Waals surface area contributed by atoms with Crippen molar-refractivity contribution >= 4 is 26.7 Å². The number of furan rings is 1. The van der Waals surface area contributed by atoms with E-state index in [-0.39, 0.29) is 29.2 Å². The van der Waals surface area contributed by atoms with Crippen LogP contribution < -0.4 is 4.74 Å². The average molecular weight is 337 g/mol. The number of sulfone groups is 1. The first-order chi connectivity index (χ1) is 10.8. The van der Waals surface area contributed by atoms with Crippen LogP contribution in [0.4, 0.5) is 0 Å². The monoisotopic (exact) mass is 337 g/mol. The van der Waals surface area contributed by atoms with Gasteiger partial charge in [0.2, 0.25) is 0 Å². The summed E-state index contributed by atoms with van der Waals surface area (Å²) in [7, 11) is 0.165. The summed E-state index contributed by atoms with van der Waals surface area (Å²) in [4.78, 5) is 14.2. The minimum atomic E-state index is -3.04. The van der Waals surface area contributed by atoms with Crippen molar-refractivity contribution in [2.75, 3.05) is 25.7 Å². The van der Waals surface area contributed by atoms with Crippen LogP contribution in [-0.2, 0) is 9.84 Å². The van der Waals surface area contributed by atoms with Gasteiger partial charge < -0.3 is 14.1 Å². The Kier molecular flexibility index (Phi) is 3.83. The second-order valence-corrected chi connectivity index (χ2v) is 8.12. The number of aryl methyl sites for hydroxylation is 1. The number of hydrogen-bond donors (Lipinski definition) is 0. The van der Waals surface area contributed by atoms with E-state index in [1.165, 1.54) is 4.90 Å². The normalized spacial score (nSPS) is 19.9. The fraction of sp³-hybridized carbons (Fsp3) is 0.438. The highest BCUT2D eigenvalue weighted by molar-refractivity contribution is 7.91. The molecule has 1 aromatic carbocycles. The van der Waals surface area contributed by atoms with Gasteiger partial charge in [-0.3, -0.25) is 4.79 Å². The van der Waals surface area contributed by atoms with Gasteiger partial charge in [0.15, 0.2) is 15.6 Å². The Labute approximate surface area is 134 Å². The lowest BCUT2D eigenvalue weighted by Crippen LogP contribution is -2.37. The third-order valence-corrected chi connectivity index (χ3v) is 6.16. The van der Waals surface area contributed by atoms with E-state index in [1.807, 2.05) is 13.0 Å². The zero-order valence-electron chi connectivity index (χ0n) is 13.3. The molecule has 0 spiro atoms. The van der Waals surface area contributed by atoms with Crippen LogP contribution in [0.25, 0.3) is 11.0 Å². The molecule has 1 saturated heterocycles. The molecule has 7 heteroatoms. The van der Waals surface area contributed by atoms with Crippen molar-refractivity contribution in [1.82, 2.24) is 4.90 Å². The summed E-state index contributed by atoms with van der Waals surface area (Å²) in [6.45, 7) is 1.82. The lowest BCUT2D eigenvalue weighted by molar-refractivity contribution is 0.0717. The molecule has 0 N–H and O–H groups in total. The molecule has 1 amide bonds. The molecule has 23 heavy (non-hydrogen) atoms. The summed E-state index contributed by atoms with van der Waals surface area (Å²) in [6, 6.07) is 5.06. The topological polar surface area (TPSA) is 76.8 Å². The van der Waals surface area contributed by atoms with E-state index in [0.29, 0.717) is 17.8 Å². The highest BCUT2D eigenvalue weighted by Crippen LogP contribution is 2.30. The molecule has 1 atom stereocenters. The molecule has 3 rings (SSSR count).